The largest absolute Gasteiger partial charge is 0.354 e. The van der Waals surface area contributed by atoms with Crippen molar-refractivity contribution in [1.82, 2.24) is 14.0 Å². The summed E-state index contributed by atoms with van der Waals surface area (Å²) in [4.78, 5) is 4.56. The van der Waals surface area contributed by atoms with Gasteiger partial charge in [0.2, 0.25) is 0 Å². The number of benzene rings is 3. The summed E-state index contributed by atoms with van der Waals surface area (Å²) in [6, 6.07) is 27.4. The van der Waals surface area contributed by atoms with E-state index >= 15 is 0 Å². The maximum atomic E-state index is 4.56. The van der Waals surface area contributed by atoms with Crippen LogP contribution in [0.3, 0.4) is 0 Å². The molecule has 0 N–H and O–H groups in total. The third kappa shape index (κ3) is 2.25. The number of para-hydroxylation sites is 2. The van der Waals surface area contributed by atoms with Gasteiger partial charge in [0.25, 0.3) is 0 Å². The Balaban J connectivity index is 0.00000175. The number of aromatic nitrogens is 3. The standard InChI is InChI=1S/C25H14N3S.Ir/c1-3-7-22-17(5-1)18-6-2-4-8-23(18)28(22)16-9-10-21-20(15-16)24-19(11-14-29-24)25-26-12-13-27(21)25;/h1-10,12-15H;/q-1;. The van der Waals surface area contributed by atoms with Crippen LogP contribution in [0.2, 0.25) is 0 Å². The van der Waals surface area contributed by atoms with Gasteiger partial charge in [-0.15, -0.1) is 5.39 Å². The average Bonchev–Trinajstić information content (AvgIpc) is 3.50. The predicted molar refractivity (Wildman–Crippen MR) is 121 cm³/mol. The number of imidazole rings is 1. The van der Waals surface area contributed by atoms with Crippen LogP contribution in [-0.2, 0) is 20.1 Å². The Labute approximate surface area is 189 Å². The maximum Gasteiger partial charge on any atom is 0.0541 e. The molecular weight excluding hydrogens is 567 g/mol. The van der Waals surface area contributed by atoms with E-state index < -0.39 is 0 Å². The molecule has 4 heterocycles. The van der Waals surface area contributed by atoms with Gasteiger partial charge in [0.1, 0.15) is 0 Å². The SMILES string of the molecule is [Ir].[c-]1csc2c1c1nccn1c1ccc(-n3c4ccccc4c4ccccc43)cc21. The fourth-order valence-corrected chi connectivity index (χ4v) is 5.43. The van der Waals surface area contributed by atoms with E-state index in [9.17, 15) is 0 Å². The molecule has 0 aliphatic heterocycles. The van der Waals surface area contributed by atoms with Gasteiger partial charge in [-0.05, 0) is 35.7 Å². The summed E-state index contributed by atoms with van der Waals surface area (Å²) in [5, 5.41) is 6.92. The van der Waals surface area contributed by atoms with Crippen molar-refractivity contribution in [1.29, 1.82) is 0 Å². The Morgan fingerprint density at radius 3 is 2.30 bits per heavy atom. The van der Waals surface area contributed by atoms with Gasteiger partial charge in [-0.25, -0.2) is 11.3 Å². The molecular formula is C25H14IrN3S-. The van der Waals surface area contributed by atoms with Crippen molar-refractivity contribution >= 4 is 59.8 Å². The van der Waals surface area contributed by atoms with Crippen LogP contribution in [0.5, 0.6) is 0 Å². The Kier molecular flexibility index (Phi) is 3.87. The molecule has 7 rings (SSSR count). The third-order valence-electron chi connectivity index (χ3n) is 5.79. The minimum atomic E-state index is 0. The van der Waals surface area contributed by atoms with Crippen LogP contribution in [0.4, 0.5) is 0 Å². The Morgan fingerprint density at radius 2 is 1.53 bits per heavy atom. The van der Waals surface area contributed by atoms with Crippen molar-refractivity contribution in [2.45, 2.75) is 0 Å². The molecule has 30 heavy (non-hydrogen) atoms. The third-order valence-corrected chi connectivity index (χ3v) is 6.69. The van der Waals surface area contributed by atoms with E-state index in [2.05, 4.69) is 86.7 Å². The van der Waals surface area contributed by atoms with Crippen LogP contribution in [0.25, 0.3) is 54.1 Å². The molecule has 3 nitrogen and oxygen atoms in total. The first-order chi connectivity index (χ1) is 14.4. The summed E-state index contributed by atoms with van der Waals surface area (Å²) in [6.07, 6.45) is 3.89. The molecule has 3 aromatic carbocycles. The number of pyridine rings is 1. The molecule has 0 saturated heterocycles. The van der Waals surface area contributed by atoms with Crippen molar-refractivity contribution < 1.29 is 20.1 Å². The number of thiophene rings is 1. The van der Waals surface area contributed by atoms with Gasteiger partial charge in [-0.2, -0.15) is 6.07 Å². The summed E-state index contributed by atoms with van der Waals surface area (Å²) in [5.74, 6) is 0. The monoisotopic (exact) mass is 581 g/mol. The van der Waals surface area contributed by atoms with Crippen molar-refractivity contribution in [3.63, 3.8) is 0 Å². The quantitative estimate of drug-likeness (QED) is 0.201. The van der Waals surface area contributed by atoms with E-state index in [0.29, 0.717) is 0 Å². The molecule has 1 radical (unpaired) electrons. The van der Waals surface area contributed by atoms with Gasteiger partial charge >= 0.3 is 0 Å². The van der Waals surface area contributed by atoms with Gasteiger partial charge in [0, 0.05) is 60.1 Å². The second-order valence-corrected chi connectivity index (χ2v) is 8.16. The van der Waals surface area contributed by atoms with Crippen LogP contribution < -0.4 is 0 Å². The van der Waals surface area contributed by atoms with Crippen LogP contribution in [0.15, 0.2) is 84.5 Å². The maximum absolute atomic E-state index is 4.56. The fraction of sp³-hybridized carbons (Fsp3) is 0. The van der Waals surface area contributed by atoms with Crippen LogP contribution >= 0.6 is 11.3 Å². The predicted octanol–water partition coefficient (Wildman–Crippen LogP) is 6.60. The molecule has 0 aliphatic rings. The summed E-state index contributed by atoms with van der Waals surface area (Å²) in [5.41, 5.74) is 5.77. The molecule has 0 amide bonds. The summed E-state index contributed by atoms with van der Waals surface area (Å²) in [7, 11) is 0. The first-order valence-electron chi connectivity index (χ1n) is 9.56. The van der Waals surface area contributed by atoms with Crippen LogP contribution in [0, 0.1) is 6.07 Å². The van der Waals surface area contributed by atoms with E-state index in [-0.39, 0.29) is 20.1 Å². The number of hydrogen-bond donors (Lipinski definition) is 0. The molecule has 0 saturated carbocycles. The van der Waals surface area contributed by atoms with Crippen molar-refractivity contribution in [3.8, 4) is 5.69 Å². The van der Waals surface area contributed by atoms with Gasteiger partial charge < -0.3 is 14.0 Å². The second kappa shape index (κ2) is 6.51. The van der Waals surface area contributed by atoms with E-state index in [1.807, 2.05) is 17.8 Å². The minimum absolute atomic E-state index is 0. The van der Waals surface area contributed by atoms with Crippen molar-refractivity contribution in [2.24, 2.45) is 0 Å². The smallest absolute Gasteiger partial charge is 0.0541 e. The average molecular weight is 581 g/mol. The van der Waals surface area contributed by atoms with Crippen molar-refractivity contribution in [2.75, 3.05) is 0 Å². The minimum Gasteiger partial charge on any atom is -0.354 e. The van der Waals surface area contributed by atoms with E-state index in [1.165, 1.54) is 43.1 Å². The zero-order valence-electron chi connectivity index (χ0n) is 15.7. The molecule has 0 spiro atoms. The van der Waals surface area contributed by atoms with E-state index in [4.69, 9.17) is 0 Å². The molecule has 0 unspecified atom stereocenters. The Bertz CT molecular complexity index is 1670. The van der Waals surface area contributed by atoms with Gasteiger partial charge in [-0.1, -0.05) is 46.5 Å². The molecule has 5 heteroatoms. The fourth-order valence-electron chi connectivity index (χ4n) is 4.57. The molecule has 4 aromatic heterocycles. The molecule has 0 bridgehead atoms. The second-order valence-electron chi connectivity index (χ2n) is 7.28. The number of fused-ring (bicyclic) bond motifs is 9. The summed E-state index contributed by atoms with van der Waals surface area (Å²) >= 11 is 1.73. The normalized spacial score (nSPS) is 11.7. The van der Waals surface area contributed by atoms with Crippen LogP contribution in [-0.4, -0.2) is 14.0 Å². The zero-order chi connectivity index (χ0) is 18.9. The first-order valence-corrected chi connectivity index (χ1v) is 10.4. The zero-order valence-corrected chi connectivity index (χ0v) is 18.9. The number of rotatable bonds is 1. The molecule has 0 fully saturated rings. The summed E-state index contributed by atoms with van der Waals surface area (Å²) in [6.45, 7) is 0. The first kappa shape index (κ1) is 17.8. The number of nitrogens with zero attached hydrogens (tertiary/aromatic N) is 3. The molecule has 0 aliphatic carbocycles. The molecule has 145 valence electrons. The van der Waals surface area contributed by atoms with Crippen molar-refractivity contribution in [3.05, 3.63) is 90.6 Å². The number of hydrogen-bond acceptors (Lipinski definition) is 2. The Morgan fingerprint density at radius 1 is 0.800 bits per heavy atom. The van der Waals surface area contributed by atoms with E-state index in [0.717, 1.165) is 11.0 Å². The van der Waals surface area contributed by atoms with Gasteiger partial charge in [0.05, 0.1) is 11.0 Å². The van der Waals surface area contributed by atoms with Crippen LogP contribution in [0.1, 0.15) is 0 Å². The molecule has 0 atom stereocenters. The molecule has 7 aromatic rings. The van der Waals surface area contributed by atoms with Gasteiger partial charge in [-0.3, -0.25) is 0 Å². The topological polar surface area (TPSA) is 22.2 Å². The summed E-state index contributed by atoms with van der Waals surface area (Å²) < 4.78 is 5.77. The van der Waals surface area contributed by atoms with E-state index in [1.54, 1.807) is 11.3 Å². The Hall–Kier alpha value is -2.98. The van der Waals surface area contributed by atoms with Gasteiger partial charge in [0.15, 0.2) is 0 Å².